The lowest BCUT2D eigenvalue weighted by atomic mass is 10.2. The van der Waals surface area contributed by atoms with Crippen LogP contribution < -0.4 is 11.1 Å². The molecule has 1 fully saturated rings. The highest BCUT2D eigenvalue weighted by Gasteiger charge is 2.30. The minimum Gasteiger partial charge on any atom is -0.380 e. The Morgan fingerprint density at radius 2 is 2.25 bits per heavy atom. The predicted octanol–water partition coefficient (Wildman–Crippen LogP) is -1.70. The third-order valence-electron chi connectivity index (χ3n) is 2.36. The maximum absolute atomic E-state index is 11.6. The molecule has 88 valence electrons. The fourth-order valence-corrected chi connectivity index (χ4v) is 3.24. The number of nitrogens with zero attached hydrogens (tertiary/aromatic N) is 2. The lowest BCUT2D eigenvalue weighted by Gasteiger charge is -2.08. The lowest BCUT2D eigenvalue weighted by Crippen LogP contribution is -2.36. The molecule has 0 bridgehead atoms. The van der Waals surface area contributed by atoms with Gasteiger partial charge in [0.05, 0.1) is 11.5 Å². The number of anilines is 1. The molecular formula is C7H11N5O3S. The molecule has 0 saturated carbocycles. The standard InChI is InChI=1S/C7H11N5O3S/c8-6-5(10-12-11-6)7(13)9-4-1-2-16(14,15)3-4/h4H,1-3H2,(H,9,13)(H3,8,10,11,12). The van der Waals surface area contributed by atoms with Crippen LogP contribution in [0, 0.1) is 0 Å². The van der Waals surface area contributed by atoms with Gasteiger partial charge in [-0.05, 0) is 6.42 Å². The second kappa shape index (κ2) is 3.74. The Labute approximate surface area is 91.5 Å². The summed E-state index contributed by atoms with van der Waals surface area (Å²) in [5.41, 5.74) is 5.38. The van der Waals surface area contributed by atoms with Gasteiger partial charge < -0.3 is 11.1 Å². The van der Waals surface area contributed by atoms with Crippen LogP contribution in [0.4, 0.5) is 5.82 Å². The van der Waals surface area contributed by atoms with Gasteiger partial charge in [0.15, 0.2) is 21.3 Å². The molecule has 0 radical (unpaired) electrons. The normalized spacial score (nSPS) is 23.1. The summed E-state index contributed by atoms with van der Waals surface area (Å²) in [5, 5.41) is 11.8. The van der Waals surface area contributed by atoms with Crippen LogP contribution in [0.2, 0.25) is 0 Å². The number of nitrogen functional groups attached to an aromatic ring is 1. The second-order valence-electron chi connectivity index (χ2n) is 3.63. The zero-order valence-electron chi connectivity index (χ0n) is 8.30. The average molecular weight is 245 g/mol. The summed E-state index contributed by atoms with van der Waals surface area (Å²) in [6.07, 6.45) is 0.422. The molecule has 0 spiro atoms. The Bertz CT molecular complexity index is 508. The van der Waals surface area contributed by atoms with Crippen molar-refractivity contribution < 1.29 is 13.2 Å². The van der Waals surface area contributed by atoms with Crippen LogP contribution in [0.5, 0.6) is 0 Å². The Kier molecular flexibility index (Phi) is 2.54. The molecule has 1 amide bonds. The summed E-state index contributed by atoms with van der Waals surface area (Å²) in [4.78, 5) is 11.6. The monoisotopic (exact) mass is 245 g/mol. The van der Waals surface area contributed by atoms with Crippen molar-refractivity contribution in [3.8, 4) is 0 Å². The van der Waals surface area contributed by atoms with Crippen molar-refractivity contribution in [3.63, 3.8) is 0 Å². The van der Waals surface area contributed by atoms with Gasteiger partial charge in [0, 0.05) is 6.04 Å². The number of nitrogens with one attached hydrogen (secondary N) is 2. The van der Waals surface area contributed by atoms with Crippen molar-refractivity contribution in [1.82, 2.24) is 20.7 Å². The number of H-pyrrole nitrogens is 1. The first-order chi connectivity index (χ1) is 7.48. The summed E-state index contributed by atoms with van der Waals surface area (Å²) in [6.45, 7) is 0. The quantitative estimate of drug-likeness (QED) is 0.569. The van der Waals surface area contributed by atoms with Crippen LogP contribution in [-0.4, -0.2) is 47.3 Å². The van der Waals surface area contributed by atoms with Gasteiger partial charge in [0.25, 0.3) is 5.91 Å². The highest BCUT2D eigenvalue weighted by atomic mass is 32.2. The number of rotatable bonds is 2. The molecule has 0 aliphatic carbocycles. The third-order valence-corrected chi connectivity index (χ3v) is 4.13. The largest absolute Gasteiger partial charge is 0.380 e. The maximum atomic E-state index is 11.6. The molecule has 1 aliphatic heterocycles. The van der Waals surface area contributed by atoms with E-state index in [0.29, 0.717) is 6.42 Å². The number of aromatic amines is 1. The van der Waals surface area contributed by atoms with Gasteiger partial charge in [0.2, 0.25) is 0 Å². The van der Waals surface area contributed by atoms with Crippen LogP contribution in [0.25, 0.3) is 0 Å². The van der Waals surface area contributed by atoms with Crippen LogP contribution in [0.1, 0.15) is 16.9 Å². The molecule has 4 N–H and O–H groups in total. The fraction of sp³-hybridized carbons (Fsp3) is 0.571. The van der Waals surface area contributed by atoms with E-state index in [2.05, 4.69) is 20.7 Å². The maximum Gasteiger partial charge on any atom is 0.275 e. The number of carbonyl (C=O) groups excluding carboxylic acids is 1. The summed E-state index contributed by atoms with van der Waals surface area (Å²) in [7, 11) is -3.01. The van der Waals surface area contributed by atoms with E-state index in [9.17, 15) is 13.2 Å². The van der Waals surface area contributed by atoms with Gasteiger partial charge in [-0.2, -0.15) is 5.21 Å². The Morgan fingerprint density at radius 3 is 2.75 bits per heavy atom. The zero-order valence-corrected chi connectivity index (χ0v) is 9.12. The van der Waals surface area contributed by atoms with E-state index in [0.717, 1.165) is 0 Å². The fourth-order valence-electron chi connectivity index (χ4n) is 1.57. The SMILES string of the molecule is Nc1n[nH]nc1C(=O)NC1CCS(=O)(=O)C1. The van der Waals surface area contributed by atoms with Crippen molar-refractivity contribution in [1.29, 1.82) is 0 Å². The van der Waals surface area contributed by atoms with E-state index in [1.54, 1.807) is 0 Å². The van der Waals surface area contributed by atoms with E-state index in [4.69, 9.17) is 5.73 Å². The predicted molar refractivity (Wildman–Crippen MR) is 55.3 cm³/mol. The molecule has 1 saturated heterocycles. The van der Waals surface area contributed by atoms with Gasteiger partial charge in [-0.25, -0.2) is 8.42 Å². The minimum atomic E-state index is -3.01. The number of carbonyl (C=O) groups is 1. The van der Waals surface area contributed by atoms with Crippen LogP contribution in [-0.2, 0) is 9.84 Å². The van der Waals surface area contributed by atoms with E-state index < -0.39 is 15.7 Å². The highest BCUT2D eigenvalue weighted by molar-refractivity contribution is 7.91. The first-order valence-corrected chi connectivity index (χ1v) is 6.47. The first kappa shape index (κ1) is 10.9. The summed E-state index contributed by atoms with van der Waals surface area (Å²) < 4.78 is 22.3. The Balaban J connectivity index is 2.02. The number of hydrogen-bond acceptors (Lipinski definition) is 6. The molecule has 1 aliphatic rings. The summed E-state index contributed by atoms with van der Waals surface area (Å²) in [5.74, 6) is -0.436. The molecule has 2 heterocycles. The summed E-state index contributed by atoms with van der Waals surface area (Å²) >= 11 is 0. The second-order valence-corrected chi connectivity index (χ2v) is 5.86. The topological polar surface area (TPSA) is 131 Å². The average Bonchev–Trinajstić information content (AvgIpc) is 2.72. The lowest BCUT2D eigenvalue weighted by molar-refractivity contribution is 0.0937. The molecule has 9 heteroatoms. The molecule has 1 aromatic heterocycles. The molecule has 0 aromatic carbocycles. The van der Waals surface area contributed by atoms with Gasteiger partial charge in [-0.1, -0.05) is 0 Å². The highest BCUT2D eigenvalue weighted by Crippen LogP contribution is 2.12. The van der Waals surface area contributed by atoms with E-state index in [-0.39, 0.29) is 29.1 Å². The van der Waals surface area contributed by atoms with Gasteiger partial charge in [-0.3, -0.25) is 4.79 Å². The van der Waals surface area contributed by atoms with Crippen LogP contribution in [0.3, 0.4) is 0 Å². The van der Waals surface area contributed by atoms with E-state index >= 15 is 0 Å². The van der Waals surface area contributed by atoms with Crippen LogP contribution in [0.15, 0.2) is 0 Å². The molecule has 8 nitrogen and oxygen atoms in total. The van der Waals surface area contributed by atoms with Gasteiger partial charge in [-0.15, -0.1) is 10.2 Å². The number of aromatic nitrogens is 3. The minimum absolute atomic E-state index is 0.00152. The first-order valence-electron chi connectivity index (χ1n) is 4.65. The molecule has 1 unspecified atom stereocenters. The van der Waals surface area contributed by atoms with Crippen molar-refractivity contribution in [3.05, 3.63) is 5.69 Å². The molecule has 16 heavy (non-hydrogen) atoms. The Hall–Kier alpha value is -1.64. The molecule has 1 atom stereocenters. The number of amides is 1. The number of sulfone groups is 1. The van der Waals surface area contributed by atoms with Crippen LogP contribution >= 0.6 is 0 Å². The molecular weight excluding hydrogens is 234 g/mol. The van der Waals surface area contributed by atoms with E-state index in [1.807, 2.05) is 0 Å². The summed E-state index contributed by atoms with van der Waals surface area (Å²) in [6, 6.07) is -0.367. The van der Waals surface area contributed by atoms with Crippen molar-refractivity contribution in [2.45, 2.75) is 12.5 Å². The molecule has 1 aromatic rings. The van der Waals surface area contributed by atoms with Crippen molar-refractivity contribution in [2.75, 3.05) is 17.2 Å². The Morgan fingerprint density at radius 1 is 1.50 bits per heavy atom. The smallest absolute Gasteiger partial charge is 0.275 e. The number of nitrogens with two attached hydrogens (primary N) is 1. The van der Waals surface area contributed by atoms with Crippen molar-refractivity contribution in [2.24, 2.45) is 0 Å². The zero-order chi connectivity index (χ0) is 11.8. The van der Waals surface area contributed by atoms with Gasteiger partial charge in [0.1, 0.15) is 0 Å². The third kappa shape index (κ3) is 2.13. The van der Waals surface area contributed by atoms with E-state index in [1.165, 1.54) is 0 Å². The van der Waals surface area contributed by atoms with Crippen molar-refractivity contribution >= 4 is 21.6 Å². The number of hydrogen-bond donors (Lipinski definition) is 3. The molecule has 2 rings (SSSR count). The van der Waals surface area contributed by atoms with Gasteiger partial charge >= 0.3 is 0 Å².